The van der Waals surface area contributed by atoms with Crippen LogP contribution in [0.25, 0.3) is 11.1 Å². The number of carbonyl (C=O) groups is 3. The van der Waals surface area contributed by atoms with Gasteiger partial charge in [0.25, 0.3) is 5.91 Å². The van der Waals surface area contributed by atoms with Crippen molar-refractivity contribution in [2.45, 2.75) is 31.2 Å². The number of amides is 2. The summed E-state index contributed by atoms with van der Waals surface area (Å²) in [5, 5.41) is 12.1. The van der Waals surface area contributed by atoms with Gasteiger partial charge in [-0.3, -0.25) is 9.59 Å². The fraction of sp³-hybridized carbons (Fsp3) is 0.348. The average Bonchev–Trinajstić information content (AvgIpc) is 3.40. The maximum Gasteiger partial charge on any atom is 0.326 e. The number of hydrogen-bond donors (Lipinski definition) is 2. The summed E-state index contributed by atoms with van der Waals surface area (Å²) in [6.45, 7) is 2.06. The minimum atomic E-state index is -1.18. The van der Waals surface area contributed by atoms with Crippen LogP contribution in [0.5, 0.6) is 0 Å². The molecule has 0 saturated carbocycles. The maximum atomic E-state index is 14.0. The summed E-state index contributed by atoms with van der Waals surface area (Å²) in [7, 11) is 0. The highest BCUT2D eigenvalue weighted by atomic mass is 19.1. The molecule has 0 unspecified atom stereocenters. The molecular formula is C23H22F2N2O6. The zero-order chi connectivity index (χ0) is 23.8. The van der Waals surface area contributed by atoms with E-state index in [1.807, 2.05) is 0 Å². The van der Waals surface area contributed by atoms with E-state index < -0.39 is 47.3 Å². The van der Waals surface area contributed by atoms with Crippen molar-refractivity contribution in [2.24, 2.45) is 0 Å². The second kappa shape index (κ2) is 8.87. The molecule has 33 heavy (non-hydrogen) atoms. The minimum Gasteiger partial charge on any atom is -0.480 e. The predicted octanol–water partition coefficient (Wildman–Crippen LogP) is 2.18. The number of halogens is 2. The van der Waals surface area contributed by atoms with E-state index in [0.29, 0.717) is 18.8 Å². The van der Waals surface area contributed by atoms with E-state index in [9.17, 15) is 28.3 Å². The molecule has 2 aromatic carbocycles. The number of nitrogens with one attached hydrogen (secondary N) is 1. The number of hydrogen-bond acceptors (Lipinski definition) is 5. The van der Waals surface area contributed by atoms with Gasteiger partial charge in [0.2, 0.25) is 5.91 Å². The van der Waals surface area contributed by atoms with Gasteiger partial charge in [-0.05, 0) is 36.8 Å². The number of carboxylic acids is 1. The lowest BCUT2D eigenvalue weighted by Crippen LogP contribution is -2.51. The molecule has 2 fully saturated rings. The first-order valence-corrected chi connectivity index (χ1v) is 10.4. The standard InChI is InChI=1S/C23H22F2N2O6/c1-13(21(29)27-12-23(32-8-9-33-23)11-19(27)22(30)31)26-20(28)15-4-2-14(3-5-15)17-7-6-16(24)10-18(17)25/h2-7,10,13,19H,8-9,11-12H2,1H3,(H,26,28)(H,30,31)/t13-,19-/m0/s1. The Morgan fingerprint density at radius 1 is 1.12 bits per heavy atom. The van der Waals surface area contributed by atoms with Crippen molar-refractivity contribution in [1.82, 2.24) is 10.2 Å². The molecule has 2 amide bonds. The lowest BCUT2D eigenvalue weighted by molar-refractivity contribution is -0.153. The highest BCUT2D eigenvalue weighted by Crippen LogP contribution is 2.35. The van der Waals surface area contributed by atoms with Crippen molar-refractivity contribution in [2.75, 3.05) is 19.8 Å². The number of likely N-dealkylation sites (tertiary alicyclic amines) is 1. The number of carbonyl (C=O) groups excluding carboxylic acids is 2. The average molecular weight is 460 g/mol. The molecule has 2 atom stereocenters. The van der Waals surface area contributed by atoms with Crippen LogP contribution in [0.4, 0.5) is 8.78 Å². The summed E-state index contributed by atoms with van der Waals surface area (Å²) in [4.78, 5) is 38.4. The summed E-state index contributed by atoms with van der Waals surface area (Å²) in [6, 6.07) is 7.02. The SMILES string of the molecule is C[C@H](NC(=O)c1ccc(-c2ccc(F)cc2F)cc1)C(=O)N1CC2(C[C@H]1C(=O)O)OCCO2. The van der Waals surface area contributed by atoms with Crippen LogP contribution >= 0.6 is 0 Å². The highest BCUT2D eigenvalue weighted by Gasteiger charge is 2.53. The van der Waals surface area contributed by atoms with Gasteiger partial charge in [-0.15, -0.1) is 0 Å². The maximum absolute atomic E-state index is 14.0. The van der Waals surface area contributed by atoms with Crippen molar-refractivity contribution in [3.05, 3.63) is 59.7 Å². The van der Waals surface area contributed by atoms with Crippen molar-refractivity contribution in [3.63, 3.8) is 0 Å². The molecule has 8 nitrogen and oxygen atoms in total. The zero-order valence-corrected chi connectivity index (χ0v) is 17.7. The number of carboxylic acid groups (broad SMARTS) is 1. The molecule has 10 heteroatoms. The first-order chi connectivity index (χ1) is 15.7. The van der Waals surface area contributed by atoms with Gasteiger partial charge in [0.05, 0.1) is 19.8 Å². The quantitative estimate of drug-likeness (QED) is 0.709. The van der Waals surface area contributed by atoms with Crippen LogP contribution in [0.2, 0.25) is 0 Å². The monoisotopic (exact) mass is 460 g/mol. The Morgan fingerprint density at radius 3 is 2.39 bits per heavy atom. The van der Waals surface area contributed by atoms with Crippen LogP contribution in [-0.4, -0.2) is 65.4 Å². The fourth-order valence-electron chi connectivity index (χ4n) is 4.11. The first-order valence-electron chi connectivity index (χ1n) is 10.4. The van der Waals surface area contributed by atoms with Gasteiger partial charge < -0.3 is 24.8 Å². The van der Waals surface area contributed by atoms with Crippen LogP contribution in [-0.2, 0) is 19.1 Å². The molecule has 0 radical (unpaired) electrons. The van der Waals surface area contributed by atoms with Crippen LogP contribution in [0.15, 0.2) is 42.5 Å². The molecule has 0 aliphatic carbocycles. The van der Waals surface area contributed by atoms with Gasteiger partial charge in [0, 0.05) is 23.6 Å². The Kier molecular flexibility index (Phi) is 6.13. The Morgan fingerprint density at radius 2 is 1.79 bits per heavy atom. The molecule has 2 saturated heterocycles. The first kappa shape index (κ1) is 22.8. The molecule has 0 bridgehead atoms. The Balaban J connectivity index is 1.43. The van der Waals surface area contributed by atoms with Gasteiger partial charge in [0.1, 0.15) is 23.7 Å². The summed E-state index contributed by atoms with van der Waals surface area (Å²) >= 11 is 0. The van der Waals surface area contributed by atoms with Gasteiger partial charge in [-0.1, -0.05) is 12.1 Å². The minimum absolute atomic E-state index is 0.0101. The molecule has 1 spiro atoms. The predicted molar refractivity (Wildman–Crippen MR) is 111 cm³/mol. The van der Waals surface area contributed by atoms with Crippen LogP contribution in [0, 0.1) is 11.6 Å². The van der Waals surface area contributed by atoms with Crippen LogP contribution < -0.4 is 5.32 Å². The number of benzene rings is 2. The van der Waals surface area contributed by atoms with E-state index in [1.54, 1.807) is 0 Å². The van der Waals surface area contributed by atoms with E-state index in [-0.39, 0.29) is 24.1 Å². The van der Waals surface area contributed by atoms with Crippen LogP contribution in [0.1, 0.15) is 23.7 Å². The third-order valence-corrected chi connectivity index (χ3v) is 5.78. The van der Waals surface area contributed by atoms with E-state index in [0.717, 1.165) is 17.0 Å². The summed E-state index contributed by atoms with van der Waals surface area (Å²) in [5.74, 6) is -4.85. The van der Waals surface area contributed by atoms with Gasteiger partial charge in [0.15, 0.2) is 5.79 Å². The molecule has 174 valence electrons. The summed E-state index contributed by atoms with van der Waals surface area (Å²) < 4.78 is 38.2. The molecular weight excluding hydrogens is 438 g/mol. The molecule has 2 heterocycles. The van der Waals surface area contributed by atoms with E-state index in [2.05, 4.69) is 5.32 Å². The Hall–Kier alpha value is -3.37. The fourth-order valence-corrected chi connectivity index (χ4v) is 4.11. The van der Waals surface area contributed by atoms with E-state index in [1.165, 1.54) is 37.3 Å². The van der Waals surface area contributed by atoms with Crippen molar-refractivity contribution < 1.29 is 37.7 Å². The largest absolute Gasteiger partial charge is 0.480 e. The normalized spacial score (nSPS) is 20.1. The third kappa shape index (κ3) is 4.57. The lowest BCUT2D eigenvalue weighted by Gasteiger charge is -2.26. The van der Waals surface area contributed by atoms with Gasteiger partial charge in [-0.2, -0.15) is 0 Å². The van der Waals surface area contributed by atoms with Crippen LogP contribution in [0.3, 0.4) is 0 Å². The van der Waals surface area contributed by atoms with Gasteiger partial charge >= 0.3 is 5.97 Å². The summed E-state index contributed by atoms with van der Waals surface area (Å²) in [5.41, 5.74) is 0.860. The molecule has 2 N–H and O–H groups in total. The number of ether oxygens (including phenoxy) is 2. The van der Waals surface area contributed by atoms with Gasteiger partial charge in [-0.25, -0.2) is 13.6 Å². The smallest absolute Gasteiger partial charge is 0.326 e. The second-order valence-electron chi connectivity index (χ2n) is 8.03. The Bertz CT molecular complexity index is 1080. The lowest BCUT2D eigenvalue weighted by atomic mass is 10.0. The molecule has 2 aliphatic rings. The molecule has 2 aliphatic heterocycles. The topological polar surface area (TPSA) is 105 Å². The molecule has 0 aromatic heterocycles. The van der Waals surface area contributed by atoms with E-state index >= 15 is 0 Å². The third-order valence-electron chi connectivity index (χ3n) is 5.78. The zero-order valence-electron chi connectivity index (χ0n) is 17.7. The highest BCUT2D eigenvalue weighted by molar-refractivity contribution is 5.98. The second-order valence-corrected chi connectivity index (χ2v) is 8.03. The summed E-state index contributed by atoms with van der Waals surface area (Å²) in [6.07, 6.45) is 0.0101. The molecule has 2 aromatic rings. The number of nitrogens with zero attached hydrogens (tertiary/aromatic N) is 1. The van der Waals surface area contributed by atoms with E-state index in [4.69, 9.17) is 9.47 Å². The van der Waals surface area contributed by atoms with Crippen molar-refractivity contribution in [3.8, 4) is 11.1 Å². The van der Waals surface area contributed by atoms with Crippen molar-refractivity contribution in [1.29, 1.82) is 0 Å². The Labute approximate surface area is 188 Å². The molecule has 4 rings (SSSR count). The number of aliphatic carboxylic acids is 1. The number of rotatable bonds is 5. The van der Waals surface area contributed by atoms with Crippen molar-refractivity contribution >= 4 is 17.8 Å².